The van der Waals surface area contributed by atoms with Crippen LogP contribution in [0.5, 0.6) is 0 Å². The zero-order valence-electron chi connectivity index (χ0n) is 18.7. The summed E-state index contributed by atoms with van der Waals surface area (Å²) in [6.45, 7) is 6.62. The second kappa shape index (κ2) is 9.02. The van der Waals surface area contributed by atoms with Gasteiger partial charge in [0.1, 0.15) is 6.07 Å². The average Bonchev–Trinajstić information content (AvgIpc) is 3.54. The fraction of sp³-hybridized carbons (Fsp3) is 0.400. The summed E-state index contributed by atoms with van der Waals surface area (Å²) in [6.07, 6.45) is 3.01. The Morgan fingerprint density at radius 3 is 2.52 bits per heavy atom. The Bertz CT molecular complexity index is 1150. The molecule has 8 heteroatoms. The summed E-state index contributed by atoms with van der Waals surface area (Å²) in [6, 6.07) is 14.1. The van der Waals surface area contributed by atoms with Crippen LogP contribution < -0.4 is 9.80 Å². The topological polar surface area (TPSA) is 89.8 Å². The van der Waals surface area contributed by atoms with Gasteiger partial charge in [0.15, 0.2) is 5.76 Å². The van der Waals surface area contributed by atoms with Crippen molar-refractivity contribution in [1.29, 1.82) is 5.26 Å². The zero-order valence-corrected chi connectivity index (χ0v) is 18.7. The summed E-state index contributed by atoms with van der Waals surface area (Å²) >= 11 is 0. The van der Waals surface area contributed by atoms with E-state index < -0.39 is 0 Å². The molecule has 5 rings (SSSR count). The molecule has 0 unspecified atom stereocenters. The number of benzene rings is 1. The molecule has 3 aromatic rings. The second-order valence-corrected chi connectivity index (χ2v) is 8.67. The molecule has 33 heavy (non-hydrogen) atoms. The van der Waals surface area contributed by atoms with Gasteiger partial charge in [0.25, 0.3) is 5.89 Å². The molecular formula is C25H27N5O3. The van der Waals surface area contributed by atoms with Crippen LogP contribution in [0.15, 0.2) is 51.5 Å². The van der Waals surface area contributed by atoms with Crippen LogP contribution in [-0.4, -0.2) is 55.1 Å². The first kappa shape index (κ1) is 21.1. The fourth-order valence-corrected chi connectivity index (χ4v) is 4.70. The zero-order chi connectivity index (χ0) is 22.8. The minimum Gasteiger partial charge on any atom is -0.459 e. The molecule has 0 bridgehead atoms. The highest BCUT2D eigenvalue weighted by Gasteiger charge is 2.32. The number of anilines is 2. The first-order chi connectivity index (χ1) is 16.1. The van der Waals surface area contributed by atoms with Crippen LogP contribution in [0, 0.1) is 24.2 Å². The van der Waals surface area contributed by atoms with E-state index in [1.165, 1.54) is 11.3 Å². The van der Waals surface area contributed by atoms with Crippen molar-refractivity contribution < 1.29 is 13.6 Å². The molecule has 8 nitrogen and oxygen atoms in total. The van der Waals surface area contributed by atoms with Crippen molar-refractivity contribution in [3.8, 4) is 17.7 Å². The summed E-state index contributed by atoms with van der Waals surface area (Å²) in [5, 5.41) is 9.49. The molecule has 2 saturated heterocycles. The number of hydrogen-bond acceptors (Lipinski definition) is 7. The van der Waals surface area contributed by atoms with Gasteiger partial charge in [-0.25, -0.2) is 0 Å². The maximum absolute atomic E-state index is 13.2. The quantitative estimate of drug-likeness (QED) is 0.605. The number of rotatable bonds is 4. The molecule has 1 aromatic carbocycles. The number of aryl methyl sites for hydroxylation is 1. The fourth-order valence-electron chi connectivity index (χ4n) is 4.70. The monoisotopic (exact) mass is 445 g/mol. The van der Waals surface area contributed by atoms with E-state index in [1.54, 1.807) is 18.4 Å². The molecular weight excluding hydrogens is 418 g/mol. The highest BCUT2D eigenvalue weighted by molar-refractivity contribution is 5.79. The summed E-state index contributed by atoms with van der Waals surface area (Å²) in [7, 11) is 0. The highest BCUT2D eigenvalue weighted by atomic mass is 16.4. The standard InChI is InChI=1S/C25H27N5O3/c1-18-4-2-5-20(16-18)28-11-13-29(14-12-28)24(31)19-7-9-30(10-8-19)25-21(17-26)27-23(33-25)22-6-3-15-32-22/h2-6,15-16,19H,7-14H2,1H3. The summed E-state index contributed by atoms with van der Waals surface area (Å²) < 4.78 is 11.2. The molecule has 4 heterocycles. The van der Waals surface area contributed by atoms with Crippen molar-refractivity contribution in [3.63, 3.8) is 0 Å². The van der Waals surface area contributed by atoms with Crippen LogP contribution in [0.2, 0.25) is 0 Å². The average molecular weight is 446 g/mol. The van der Waals surface area contributed by atoms with E-state index in [2.05, 4.69) is 47.1 Å². The molecule has 0 radical (unpaired) electrons. The third kappa shape index (κ3) is 4.31. The summed E-state index contributed by atoms with van der Waals surface area (Å²) in [5.74, 6) is 1.50. The Balaban J connectivity index is 1.17. The predicted molar refractivity (Wildman–Crippen MR) is 124 cm³/mol. The van der Waals surface area contributed by atoms with Crippen LogP contribution in [0.4, 0.5) is 11.6 Å². The van der Waals surface area contributed by atoms with Crippen molar-refractivity contribution in [2.24, 2.45) is 5.92 Å². The van der Waals surface area contributed by atoms with Crippen LogP contribution in [0.3, 0.4) is 0 Å². The molecule has 2 aliphatic heterocycles. The number of carbonyl (C=O) groups is 1. The van der Waals surface area contributed by atoms with Gasteiger partial charge in [-0.3, -0.25) is 4.79 Å². The predicted octanol–water partition coefficient (Wildman–Crippen LogP) is 3.68. The first-order valence-electron chi connectivity index (χ1n) is 11.4. The highest BCUT2D eigenvalue weighted by Crippen LogP contribution is 2.32. The first-order valence-corrected chi connectivity index (χ1v) is 11.4. The lowest BCUT2D eigenvalue weighted by Gasteiger charge is -2.39. The van der Waals surface area contributed by atoms with E-state index in [-0.39, 0.29) is 17.5 Å². The van der Waals surface area contributed by atoms with Crippen LogP contribution >= 0.6 is 0 Å². The molecule has 1 amide bonds. The maximum Gasteiger partial charge on any atom is 0.266 e. The third-order valence-electron chi connectivity index (χ3n) is 6.54. The largest absolute Gasteiger partial charge is 0.459 e. The Morgan fingerprint density at radius 2 is 1.85 bits per heavy atom. The van der Waals surface area contributed by atoms with Crippen molar-refractivity contribution in [2.75, 3.05) is 49.1 Å². The molecule has 0 spiro atoms. The molecule has 2 fully saturated rings. The van der Waals surface area contributed by atoms with Gasteiger partial charge >= 0.3 is 0 Å². The number of oxazole rings is 1. The number of piperidine rings is 1. The lowest BCUT2D eigenvalue weighted by molar-refractivity contribution is -0.136. The number of carbonyl (C=O) groups excluding carboxylic acids is 1. The Hall–Kier alpha value is -3.73. The normalized spacial score (nSPS) is 17.3. The van der Waals surface area contributed by atoms with Crippen LogP contribution in [0.25, 0.3) is 11.7 Å². The van der Waals surface area contributed by atoms with Gasteiger partial charge in [-0.05, 0) is 49.6 Å². The number of nitriles is 1. The van der Waals surface area contributed by atoms with E-state index in [0.29, 0.717) is 30.6 Å². The number of hydrogen-bond donors (Lipinski definition) is 0. The van der Waals surface area contributed by atoms with E-state index >= 15 is 0 Å². The van der Waals surface area contributed by atoms with Gasteiger partial charge in [-0.1, -0.05) is 12.1 Å². The summed E-state index contributed by atoms with van der Waals surface area (Å²) in [4.78, 5) is 23.8. The molecule has 2 aliphatic rings. The number of aromatic nitrogens is 1. The summed E-state index contributed by atoms with van der Waals surface area (Å²) in [5.41, 5.74) is 2.73. The molecule has 2 aromatic heterocycles. The van der Waals surface area contributed by atoms with E-state index in [0.717, 1.165) is 39.0 Å². The SMILES string of the molecule is Cc1cccc(N2CCN(C(=O)C3CCN(c4oc(-c5ccco5)nc4C#N)CC3)CC2)c1. The molecule has 0 aliphatic carbocycles. The Kier molecular flexibility index (Phi) is 5.78. The Labute approximate surface area is 193 Å². The number of amides is 1. The molecule has 0 atom stereocenters. The van der Waals surface area contributed by atoms with E-state index in [4.69, 9.17) is 8.83 Å². The minimum absolute atomic E-state index is 0.00442. The lowest BCUT2D eigenvalue weighted by atomic mass is 9.95. The van der Waals surface area contributed by atoms with Gasteiger partial charge in [0, 0.05) is 50.9 Å². The van der Waals surface area contributed by atoms with Gasteiger partial charge < -0.3 is 23.5 Å². The van der Waals surface area contributed by atoms with Crippen LogP contribution in [-0.2, 0) is 4.79 Å². The van der Waals surface area contributed by atoms with Crippen molar-refractivity contribution in [2.45, 2.75) is 19.8 Å². The van der Waals surface area contributed by atoms with Crippen molar-refractivity contribution in [1.82, 2.24) is 9.88 Å². The lowest BCUT2D eigenvalue weighted by Crippen LogP contribution is -2.51. The maximum atomic E-state index is 13.2. The Morgan fingerprint density at radius 1 is 1.06 bits per heavy atom. The molecule has 0 N–H and O–H groups in total. The van der Waals surface area contributed by atoms with Crippen LogP contribution in [0.1, 0.15) is 24.1 Å². The van der Waals surface area contributed by atoms with Gasteiger partial charge in [0.05, 0.1) is 6.26 Å². The number of nitrogens with zero attached hydrogens (tertiary/aromatic N) is 5. The minimum atomic E-state index is 0.00442. The smallest absolute Gasteiger partial charge is 0.266 e. The third-order valence-corrected chi connectivity index (χ3v) is 6.54. The second-order valence-electron chi connectivity index (χ2n) is 8.67. The van der Waals surface area contributed by atoms with Gasteiger partial charge in [-0.2, -0.15) is 10.2 Å². The van der Waals surface area contributed by atoms with Crippen molar-refractivity contribution in [3.05, 3.63) is 53.9 Å². The number of furan rings is 1. The van der Waals surface area contributed by atoms with Crippen molar-refractivity contribution >= 4 is 17.5 Å². The number of piperazine rings is 1. The van der Waals surface area contributed by atoms with E-state index in [1.807, 2.05) is 9.80 Å². The molecule has 170 valence electrons. The van der Waals surface area contributed by atoms with E-state index in [9.17, 15) is 10.1 Å². The van der Waals surface area contributed by atoms with Gasteiger partial charge in [-0.15, -0.1) is 0 Å². The van der Waals surface area contributed by atoms with Gasteiger partial charge in [0.2, 0.25) is 17.5 Å². The molecule has 0 saturated carbocycles.